The topological polar surface area (TPSA) is 75.7 Å². The number of carbonyl (C=O) groups is 3. The lowest BCUT2D eigenvalue weighted by molar-refractivity contribution is -0.133. The third-order valence-electron chi connectivity index (χ3n) is 9.11. The Labute approximate surface area is 286 Å². The van der Waals surface area contributed by atoms with Crippen molar-refractivity contribution in [3.8, 4) is 11.1 Å². The van der Waals surface area contributed by atoms with E-state index in [2.05, 4.69) is 29.6 Å². The lowest BCUT2D eigenvalue weighted by Gasteiger charge is -2.33. The van der Waals surface area contributed by atoms with Crippen LogP contribution in [0.4, 0.5) is 4.79 Å². The van der Waals surface area contributed by atoms with Crippen LogP contribution in [0.3, 0.4) is 0 Å². The van der Waals surface area contributed by atoms with Crippen LogP contribution in [0.5, 0.6) is 0 Å². The second kappa shape index (κ2) is 14.4. The molecule has 7 rings (SSSR count). The van der Waals surface area contributed by atoms with Gasteiger partial charge in [-0.2, -0.15) is 0 Å². The summed E-state index contributed by atoms with van der Waals surface area (Å²) in [5.74, 6) is -0.491. The second-order valence-corrected chi connectivity index (χ2v) is 12.4. The number of alkyl carbamates (subject to hydrolysis) is 1. The van der Waals surface area contributed by atoms with E-state index in [-0.39, 0.29) is 43.7 Å². The minimum absolute atomic E-state index is 0.0964. The average Bonchev–Trinajstić information content (AvgIpc) is 3.46. The largest absolute Gasteiger partial charge is 0.449 e. The van der Waals surface area contributed by atoms with Crippen LogP contribution in [-0.2, 0) is 20.7 Å². The molecule has 0 bridgehead atoms. The number of ketones is 1. The van der Waals surface area contributed by atoms with Gasteiger partial charge in [0.15, 0.2) is 5.78 Å². The van der Waals surface area contributed by atoms with Crippen molar-refractivity contribution in [2.24, 2.45) is 0 Å². The summed E-state index contributed by atoms with van der Waals surface area (Å²) in [4.78, 5) is 43.3. The van der Waals surface area contributed by atoms with Crippen LogP contribution in [0.2, 0.25) is 0 Å². The number of fused-ring (bicyclic) bond motifs is 3. The standard InChI is InChI=1S/C43H36N2O4/c46-41-33(24-30-14-4-1-5-15-30)27-45(28-34(41)25-31-16-6-2-7-17-31)42(47)40(26-32-18-8-3-9-19-32)44-43(48)49-29-39-37-22-12-10-20-35(37)36-21-11-13-23-38(36)39/h1-25,39-40H,26-29H2,(H,44,48)/b33-24+,34-25+/t40-/m0/s1. The van der Waals surface area contributed by atoms with Crippen LogP contribution < -0.4 is 5.32 Å². The van der Waals surface area contributed by atoms with Crippen molar-refractivity contribution in [1.29, 1.82) is 0 Å². The smallest absolute Gasteiger partial charge is 0.407 e. The van der Waals surface area contributed by atoms with E-state index < -0.39 is 12.1 Å². The van der Waals surface area contributed by atoms with E-state index in [1.807, 2.05) is 127 Å². The summed E-state index contributed by atoms with van der Waals surface area (Å²) in [5.41, 5.74) is 8.16. The molecule has 0 radical (unpaired) electrons. The van der Waals surface area contributed by atoms with Gasteiger partial charge in [-0.3, -0.25) is 9.59 Å². The zero-order valence-electron chi connectivity index (χ0n) is 27.0. The van der Waals surface area contributed by atoms with Gasteiger partial charge in [-0.25, -0.2) is 4.79 Å². The van der Waals surface area contributed by atoms with Crippen molar-refractivity contribution >= 4 is 29.9 Å². The first kappa shape index (κ1) is 31.6. The van der Waals surface area contributed by atoms with Crippen LogP contribution >= 0.6 is 0 Å². The number of nitrogens with one attached hydrogen (secondary N) is 1. The molecule has 0 aromatic heterocycles. The Balaban J connectivity index is 1.14. The van der Waals surface area contributed by atoms with Gasteiger partial charge in [-0.15, -0.1) is 0 Å². The van der Waals surface area contributed by atoms with E-state index in [4.69, 9.17) is 4.74 Å². The van der Waals surface area contributed by atoms with Gasteiger partial charge in [0.1, 0.15) is 12.6 Å². The predicted octanol–water partition coefficient (Wildman–Crippen LogP) is 7.71. The summed E-state index contributed by atoms with van der Waals surface area (Å²) in [6, 6.07) is 44.2. The zero-order valence-corrected chi connectivity index (χ0v) is 27.0. The molecule has 242 valence electrons. The van der Waals surface area contributed by atoms with E-state index in [0.29, 0.717) is 11.1 Å². The number of benzene rings is 5. The highest BCUT2D eigenvalue weighted by atomic mass is 16.5. The van der Waals surface area contributed by atoms with Crippen LogP contribution in [0.25, 0.3) is 23.3 Å². The SMILES string of the molecule is O=C(N[C@@H](Cc1ccccc1)C(=O)N1C/C(=C\c2ccccc2)C(=O)/C(=C/c2ccccc2)C1)OCC1c2ccccc2-c2ccccc21. The molecule has 49 heavy (non-hydrogen) atoms. The highest BCUT2D eigenvalue weighted by Crippen LogP contribution is 2.44. The molecule has 0 unspecified atom stereocenters. The van der Waals surface area contributed by atoms with Crippen LogP contribution in [0.1, 0.15) is 33.7 Å². The third kappa shape index (κ3) is 7.14. The van der Waals surface area contributed by atoms with E-state index in [9.17, 15) is 14.4 Å². The number of nitrogens with zero attached hydrogens (tertiary/aromatic N) is 1. The number of likely N-dealkylation sites (tertiary alicyclic amines) is 1. The molecule has 1 atom stereocenters. The minimum atomic E-state index is -0.915. The second-order valence-electron chi connectivity index (χ2n) is 12.4. The average molecular weight is 645 g/mol. The molecule has 2 amide bonds. The molecule has 1 aliphatic carbocycles. The van der Waals surface area contributed by atoms with Crippen molar-refractivity contribution in [3.05, 3.63) is 178 Å². The summed E-state index contributed by atoms with van der Waals surface area (Å²) < 4.78 is 5.87. The minimum Gasteiger partial charge on any atom is -0.449 e. The van der Waals surface area contributed by atoms with Gasteiger partial charge in [-0.1, -0.05) is 140 Å². The Bertz CT molecular complexity index is 1930. The van der Waals surface area contributed by atoms with Crippen molar-refractivity contribution in [1.82, 2.24) is 10.2 Å². The molecule has 5 aromatic carbocycles. The van der Waals surface area contributed by atoms with Gasteiger partial charge in [0.05, 0.1) is 0 Å². The third-order valence-corrected chi connectivity index (χ3v) is 9.11. The molecule has 1 N–H and O–H groups in total. The maximum atomic E-state index is 14.4. The molecule has 1 fully saturated rings. The van der Waals surface area contributed by atoms with Crippen molar-refractivity contribution in [2.75, 3.05) is 19.7 Å². The van der Waals surface area contributed by atoms with Gasteiger partial charge in [-0.05, 0) is 51.1 Å². The molecule has 1 aliphatic heterocycles. The molecule has 2 aliphatic rings. The zero-order chi connectivity index (χ0) is 33.6. The van der Waals surface area contributed by atoms with Crippen molar-refractivity contribution in [2.45, 2.75) is 18.4 Å². The van der Waals surface area contributed by atoms with Gasteiger partial charge in [0.25, 0.3) is 0 Å². The lowest BCUT2D eigenvalue weighted by atomic mass is 9.93. The molecule has 1 saturated heterocycles. The highest BCUT2D eigenvalue weighted by Gasteiger charge is 2.34. The number of amides is 2. The Kier molecular flexibility index (Phi) is 9.28. The number of hydrogen-bond acceptors (Lipinski definition) is 4. The number of piperidine rings is 1. The van der Waals surface area contributed by atoms with E-state index in [1.165, 1.54) is 0 Å². The molecule has 5 aromatic rings. The van der Waals surface area contributed by atoms with E-state index >= 15 is 0 Å². The fourth-order valence-electron chi connectivity index (χ4n) is 6.75. The van der Waals surface area contributed by atoms with E-state index in [1.54, 1.807) is 4.90 Å². The predicted molar refractivity (Wildman–Crippen MR) is 193 cm³/mol. The first-order valence-electron chi connectivity index (χ1n) is 16.5. The summed E-state index contributed by atoms with van der Waals surface area (Å²) in [7, 11) is 0. The first-order chi connectivity index (χ1) is 24.0. The van der Waals surface area contributed by atoms with Gasteiger partial charge in [0, 0.05) is 36.6 Å². The molecule has 6 heteroatoms. The maximum Gasteiger partial charge on any atom is 0.407 e. The summed E-state index contributed by atoms with van der Waals surface area (Å²) in [5, 5.41) is 2.90. The Hall–Kier alpha value is -6.01. The maximum absolute atomic E-state index is 14.4. The number of ether oxygens (including phenoxy) is 1. The number of hydrogen-bond donors (Lipinski definition) is 1. The molecule has 0 spiro atoms. The summed E-state index contributed by atoms with van der Waals surface area (Å²) >= 11 is 0. The van der Waals surface area contributed by atoms with Gasteiger partial charge < -0.3 is 15.0 Å². The molecule has 1 heterocycles. The van der Waals surface area contributed by atoms with Crippen LogP contribution in [-0.4, -0.2) is 48.4 Å². The van der Waals surface area contributed by atoms with Crippen molar-refractivity contribution in [3.63, 3.8) is 0 Å². The normalized spacial score (nSPS) is 16.2. The molecular formula is C43H36N2O4. The first-order valence-corrected chi connectivity index (χ1v) is 16.5. The monoisotopic (exact) mass is 644 g/mol. The Morgan fingerprint density at radius 3 is 1.67 bits per heavy atom. The highest BCUT2D eigenvalue weighted by molar-refractivity contribution is 6.15. The number of Topliss-reactive ketones (excluding diaryl/α,β-unsaturated/α-hetero) is 1. The number of carbonyl (C=O) groups excluding carboxylic acids is 3. The fourth-order valence-corrected chi connectivity index (χ4v) is 6.75. The van der Waals surface area contributed by atoms with Crippen LogP contribution in [0, 0.1) is 0 Å². The summed E-state index contributed by atoms with van der Waals surface area (Å²) in [6.07, 6.45) is 3.28. The Morgan fingerprint density at radius 1 is 0.673 bits per heavy atom. The molecule has 0 saturated carbocycles. The fraction of sp³-hybridized carbons (Fsp3) is 0.140. The van der Waals surface area contributed by atoms with E-state index in [0.717, 1.165) is 38.9 Å². The Morgan fingerprint density at radius 2 is 1.14 bits per heavy atom. The van der Waals surface area contributed by atoms with Gasteiger partial charge in [0.2, 0.25) is 5.91 Å². The van der Waals surface area contributed by atoms with Crippen LogP contribution in [0.15, 0.2) is 151 Å². The van der Waals surface area contributed by atoms with Crippen molar-refractivity contribution < 1.29 is 19.1 Å². The molecular weight excluding hydrogens is 608 g/mol. The summed E-state index contributed by atoms with van der Waals surface area (Å²) in [6.45, 7) is 0.380. The lowest BCUT2D eigenvalue weighted by Crippen LogP contribution is -2.53. The molecule has 6 nitrogen and oxygen atoms in total. The van der Waals surface area contributed by atoms with Gasteiger partial charge >= 0.3 is 6.09 Å². The number of rotatable bonds is 8. The quantitative estimate of drug-likeness (QED) is 0.176.